The lowest BCUT2D eigenvalue weighted by Crippen LogP contribution is -2.04. The highest BCUT2D eigenvalue weighted by atomic mass is 15.1. The zero-order valence-electron chi connectivity index (χ0n) is 9.64. The van der Waals surface area contributed by atoms with Gasteiger partial charge in [0.25, 0.3) is 0 Å². The average Bonchev–Trinajstić information content (AvgIpc) is 2.66. The van der Waals surface area contributed by atoms with Gasteiger partial charge in [-0.1, -0.05) is 0 Å². The Kier molecular flexibility index (Phi) is 3.19. The van der Waals surface area contributed by atoms with E-state index in [0.717, 1.165) is 30.3 Å². The maximum Gasteiger partial charge on any atom is 0.105 e. The zero-order chi connectivity index (χ0) is 11.4. The molecule has 2 aromatic heterocycles. The minimum Gasteiger partial charge on any atom is -0.385 e. The van der Waals surface area contributed by atoms with Crippen LogP contribution in [0.3, 0.4) is 0 Å². The quantitative estimate of drug-likeness (QED) is 0.850. The van der Waals surface area contributed by atoms with Crippen molar-refractivity contribution < 1.29 is 0 Å². The van der Waals surface area contributed by atoms with Gasteiger partial charge in [0.2, 0.25) is 0 Å². The van der Waals surface area contributed by atoms with Crippen LogP contribution >= 0.6 is 0 Å². The number of pyridine rings is 1. The van der Waals surface area contributed by atoms with E-state index in [-0.39, 0.29) is 0 Å². The second-order valence-corrected chi connectivity index (χ2v) is 3.67. The first-order valence-corrected chi connectivity index (χ1v) is 5.46. The molecular weight excluding hydrogens is 200 g/mol. The van der Waals surface area contributed by atoms with E-state index in [4.69, 9.17) is 0 Å². The van der Waals surface area contributed by atoms with Gasteiger partial charge in [-0.2, -0.15) is 0 Å². The monoisotopic (exact) mass is 216 g/mol. The molecule has 0 saturated carbocycles. The Morgan fingerprint density at radius 2 is 2.19 bits per heavy atom. The topological polar surface area (TPSA) is 42.7 Å². The summed E-state index contributed by atoms with van der Waals surface area (Å²) in [5.74, 6) is 1.01. The van der Waals surface area contributed by atoms with Crippen LogP contribution in [0.5, 0.6) is 0 Å². The van der Waals surface area contributed by atoms with Gasteiger partial charge in [-0.25, -0.2) is 4.98 Å². The van der Waals surface area contributed by atoms with Crippen LogP contribution in [0, 0.1) is 6.92 Å². The molecule has 0 aromatic carbocycles. The first kappa shape index (κ1) is 10.7. The van der Waals surface area contributed by atoms with Crippen molar-refractivity contribution in [2.24, 2.45) is 0 Å². The zero-order valence-corrected chi connectivity index (χ0v) is 9.64. The molecule has 0 saturated heterocycles. The Bertz CT molecular complexity index is 462. The van der Waals surface area contributed by atoms with Crippen LogP contribution < -0.4 is 5.32 Å². The minimum absolute atomic E-state index is 0.769. The molecule has 0 bridgehead atoms. The third kappa shape index (κ3) is 2.39. The van der Waals surface area contributed by atoms with E-state index in [2.05, 4.69) is 32.8 Å². The predicted octanol–water partition coefficient (Wildman–Crippen LogP) is 2.07. The SMILES string of the molecule is CCNc1ccnc(Cn2ccnc2C)c1. The van der Waals surface area contributed by atoms with E-state index in [1.165, 1.54) is 0 Å². The number of rotatable bonds is 4. The lowest BCUT2D eigenvalue weighted by atomic mass is 10.3. The van der Waals surface area contributed by atoms with Crippen molar-refractivity contribution in [1.82, 2.24) is 14.5 Å². The summed E-state index contributed by atoms with van der Waals surface area (Å²) in [6, 6.07) is 4.05. The van der Waals surface area contributed by atoms with Crippen LogP contribution in [0.1, 0.15) is 18.4 Å². The molecule has 1 N–H and O–H groups in total. The molecule has 16 heavy (non-hydrogen) atoms. The summed E-state index contributed by atoms with van der Waals surface area (Å²) in [5, 5.41) is 3.28. The average molecular weight is 216 g/mol. The van der Waals surface area contributed by atoms with E-state index >= 15 is 0 Å². The number of imidazole rings is 1. The smallest absolute Gasteiger partial charge is 0.105 e. The fourth-order valence-corrected chi connectivity index (χ4v) is 1.62. The van der Waals surface area contributed by atoms with Crippen molar-refractivity contribution in [2.45, 2.75) is 20.4 Å². The Hall–Kier alpha value is -1.84. The van der Waals surface area contributed by atoms with Gasteiger partial charge < -0.3 is 9.88 Å². The summed E-state index contributed by atoms with van der Waals surface area (Å²) in [4.78, 5) is 8.54. The first-order valence-electron chi connectivity index (χ1n) is 5.46. The summed E-state index contributed by atoms with van der Waals surface area (Å²) in [6.07, 6.45) is 5.61. The molecule has 0 unspecified atom stereocenters. The Morgan fingerprint density at radius 3 is 2.88 bits per heavy atom. The van der Waals surface area contributed by atoms with Crippen molar-refractivity contribution in [3.05, 3.63) is 42.2 Å². The molecule has 84 valence electrons. The maximum atomic E-state index is 4.35. The number of hydrogen-bond donors (Lipinski definition) is 1. The van der Waals surface area contributed by atoms with Gasteiger partial charge in [-0.05, 0) is 26.0 Å². The molecule has 4 heteroatoms. The lowest BCUT2D eigenvalue weighted by Gasteiger charge is -2.07. The molecule has 0 aliphatic carbocycles. The van der Waals surface area contributed by atoms with Crippen molar-refractivity contribution in [1.29, 1.82) is 0 Å². The number of nitrogens with zero attached hydrogens (tertiary/aromatic N) is 3. The number of aryl methyl sites for hydroxylation is 1. The second kappa shape index (κ2) is 4.79. The van der Waals surface area contributed by atoms with Crippen LogP contribution in [0.15, 0.2) is 30.7 Å². The number of nitrogens with one attached hydrogen (secondary N) is 1. The molecule has 0 spiro atoms. The number of aromatic nitrogens is 3. The van der Waals surface area contributed by atoms with Crippen molar-refractivity contribution >= 4 is 5.69 Å². The largest absolute Gasteiger partial charge is 0.385 e. The molecule has 2 aromatic rings. The first-order chi connectivity index (χ1) is 7.79. The van der Waals surface area contributed by atoms with Crippen molar-refractivity contribution in [3.8, 4) is 0 Å². The predicted molar refractivity (Wildman–Crippen MR) is 64.5 cm³/mol. The highest BCUT2D eigenvalue weighted by Gasteiger charge is 2.00. The summed E-state index contributed by atoms with van der Waals surface area (Å²) in [5.41, 5.74) is 2.16. The molecule has 2 heterocycles. The normalized spacial score (nSPS) is 10.4. The van der Waals surface area contributed by atoms with Gasteiger partial charge in [-0.15, -0.1) is 0 Å². The standard InChI is InChI=1S/C12H16N4/c1-3-13-11-4-5-15-12(8-11)9-16-7-6-14-10(16)2/h4-8H,3,9H2,1-2H3,(H,13,15). The van der Waals surface area contributed by atoms with E-state index < -0.39 is 0 Å². The summed E-state index contributed by atoms with van der Waals surface area (Å²) in [7, 11) is 0. The van der Waals surface area contributed by atoms with E-state index in [1.54, 1.807) is 0 Å². The molecule has 4 nitrogen and oxygen atoms in total. The van der Waals surface area contributed by atoms with Gasteiger partial charge in [-0.3, -0.25) is 4.98 Å². The van der Waals surface area contributed by atoms with Gasteiger partial charge in [0.05, 0.1) is 12.2 Å². The third-order valence-corrected chi connectivity index (χ3v) is 2.45. The van der Waals surface area contributed by atoms with Crippen LogP contribution in [0.4, 0.5) is 5.69 Å². The molecule has 0 aliphatic heterocycles. The molecule has 0 radical (unpaired) electrons. The van der Waals surface area contributed by atoms with Crippen molar-refractivity contribution in [2.75, 3.05) is 11.9 Å². The van der Waals surface area contributed by atoms with Crippen molar-refractivity contribution in [3.63, 3.8) is 0 Å². The molecule has 0 fully saturated rings. The summed E-state index contributed by atoms with van der Waals surface area (Å²) < 4.78 is 2.08. The Balaban J connectivity index is 2.15. The van der Waals surface area contributed by atoms with Crippen LogP contribution in [0.2, 0.25) is 0 Å². The van der Waals surface area contributed by atoms with Gasteiger partial charge in [0, 0.05) is 30.8 Å². The number of anilines is 1. The molecule has 0 amide bonds. The fourth-order valence-electron chi connectivity index (χ4n) is 1.62. The summed E-state index contributed by atoms with van der Waals surface area (Å²) >= 11 is 0. The maximum absolute atomic E-state index is 4.35. The molecule has 2 rings (SSSR count). The molecule has 0 atom stereocenters. The highest BCUT2D eigenvalue weighted by molar-refractivity contribution is 5.43. The van der Waals surface area contributed by atoms with Crippen LogP contribution in [-0.4, -0.2) is 21.1 Å². The van der Waals surface area contributed by atoms with E-state index in [9.17, 15) is 0 Å². The summed E-state index contributed by atoms with van der Waals surface area (Å²) in [6.45, 7) is 5.77. The second-order valence-electron chi connectivity index (χ2n) is 3.67. The Labute approximate surface area is 95.4 Å². The van der Waals surface area contributed by atoms with E-state index in [0.29, 0.717) is 0 Å². The van der Waals surface area contributed by atoms with E-state index in [1.807, 2.05) is 31.6 Å². The molecule has 0 aliphatic rings. The van der Waals surface area contributed by atoms with Crippen LogP contribution in [-0.2, 0) is 6.54 Å². The van der Waals surface area contributed by atoms with Gasteiger partial charge in [0.15, 0.2) is 0 Å². The highest BCUT2D eigenvalue weighted by Crippen LogP contribution is 2.09. The third-order valence-electron chi connectivity index (χ3n) is 2.45. The molecular formula is C12H16N4. The fraction of sp³-hybridized carbons (Fsp3) is 0.333. The van der Waals surface area contributed by atoms with Crippen LogP contribution in [0.25, 0.3) is 0 Å². The number of hydrogen-bond acceptors (Lipinski definition) is 3. The lowest BCUT2D eigenvalue weighted by molar-refractivity contribution is 0.742. The van der Waals surface area contributed by atoms with Gasteiger partial charge >= 0.3 is 0 Å². The minimum atomic E-state index is 0.769. The van der Waals surface area contributed by atoms with Gasteiger partial charge in [0.1, 0.15) is 5.82 Å². The Morgan fingerprint density at radius 1 is 1.31 bits per heavy atom.